The number of nitrogens with one attached hydrogen (secondary N) is 2. The average Bonchev–Trinajstić information content (AvgIpc) is 2.41. The van der Waals surface area contributed by atoms with Crippen molar-refractivity contribution in [1.29, 1.82) is 0 Å². The maximum Gasteiger partial charge on any atom is 0.104 e. The minimum absolute atomic E-state index is 0.259. The smallest absolute Gasteiger partial charge is 0.104 e. The lowest BCUT2D eigenvalue weighted by Crippen LogP contribution is -2.58. The van der Waals surface area contributed by atoms with Gasteiger partial charge in [0.25, 0.3) is 0 Å². The molecule has 0 aromatic heterocycles. The van der Waals surface area contributed by atoms with Gasteiger partial charge in [-0.2, -0.15) is 0 Å². The van der Waals surface area contributed by atoms with E-state index in [1.54, 1.807) is 0 Å². The summed E-state index contributed by atoms with van der Waals surface area (Å²) < 4.78 is 0. The Kier molecular flexibility index (Phi) is 6.67. The minimum Gasteiger partial charge on any atom is -0.388 e. The van der Waals surface area contributed by atoms with Crippen LogP contribution in [0.15, 0.2) is 36.7 Å². The van der Waals surface area contributed by atoms with Crippen LogP contribution in [0.1, 0.15) is 19.3 Å². The molecule has 19 heavy (non-hydrogen) atoms. The average molecular weight is 264 g/mol. The van der Waals surface area contributed by atoms with Crippen molar-refractivity contribution in [2.75, 3.05) is 28.2 Å². The highest BCUT2D eigenvalue weighted by Gasteiger charge is 2.30. The van der Waals surface area contributed by atoms with Crippen molar-refractivity contribution in [3.8, 4) is 0 Å². The molecule has 0 aromatic carbocycles. The summed E-state index contributed by atoms with van der Waals surface area (Å²) in [5.74, 6) is 0. The van der Waals surface area contributed by atoms with E-state index in [0.717, 1.165) is 12.8 Å². The van der Waals surface area contributed by atoms with E-state index in [1.165, 1.54) is 12.1 Å². The summed E-state index contributed by atoms with van der Waals surface area (Å²) in [6.07, 6.45) is 12.4. The number of unbranched alkanes of at least 4 members (excludes halogenated alkanes) is 1. The van der Waals surface area contributed by atoms with E-state index < -0.39 is 0 Å². The molecule has 4 heteroatoms. The van der Waals surface area contributed by atoms with Gasteiger partial charge in [-0.05, 0) is 33.4 Å². The van der Waals surface area contributed by atoms with E-state index in [4.69, 9.17) is 0 Å². The van der Waals surface area contributed by atoms with Gasteiger partial charge in [0, 0.05) is 20.3 Å². The molecule has 2 unspecified atom stereocenters. The molecule has 4 nitrogen and oxygen atoms in total. The predicted octanol–water partition coefficient (Wildman–Crippen LogP) is 1.71. The molecule has 0 fully saturated rings. The van der Waals surface area contributed by atoms with Gasteiger partial charge in [0.2, 0.25) is 0 Å². The Hall–Kier alpha value is -1.26. The van der Waals surface area contributed by atoms with Crippen LogP contribution in [-0.4, -0.2) is 50.3 Å². The standard InChI is InChI=1S/C15H28N4/c1-6-7-8-9-10-11-14-18(4)12-13(16-2)15(17-3)19(14)5/h6-8,12,14-17H,1,9-11H2,2-5H3/b8-7-. The van der Waals surface area contributed by atoms with Gasteiger partial charge in [0.05, 0.1) is 11.9 Å². The van der Waals surface area contributed by atoms with Crippen LogP contribution in [0.3, 0.4) is 0 Å². The fraction of sp³-hybridized carbons (Fsp3) is 0.600. The molecule has 0 bridgehead atoms. The second-order valence-electron chi connectivity index (χ2n) is 4.93. The molecule has 0 aliphatic carbocycles. The van der Waals surface area contributed by atoms with E-state index in [0.29, 0.717) is 6.17 Å². The third-order valence-corrected chi connectivity index (χ3v) is 3.65. The number of likely N-dealkylation sites (N-methyl/N-ethyl adjacent to an activating group) is 3. The van der Waals surface area contributed by atoms with Crippen molar-refractivity contribution in [3.05, 3.63) is 36.7 Å². The van der Waals surface area contributed by atoms with Crippen molar-refractivity contribution in [2.24, 2.45) is 0 Å². The van der Waals surface area contributed by atoms with E-state index in [-0.39, 0.29) is 6.17 Å². The van der Waals surface area contributed by atoms with Gasteiger partial charge in [-0.15, -0.1) is 0 Å². The second-order valence-corrected chi connectivity index (χ2v) is 4.93. The summed E-state index contributed by atoms with van der Waals surface area (Å²) in [7, 11) is 8.29. The summed E-state index contributed by atoms with van der Waals surface area (Å²) in [5, 5.41) is 6.62. The molecule has 1 aliphatic heterocycles. The Balaban J connectivity index is 2.60. The summed E-state index contributed by atoms with van der Waals surface area (Å²) >= 11 is 0. The molecule has 0 saturated heterocycles. The number of nitrogens with zero attached hydrogens (tertiary/aromatic N) is 2. The van der Waals surface area contributed by atoms with Crippen molar-refractivity contribution in [3.63, 3.8) is 0 Å². The molecule has 1 aliphatic rings. The molecule has 0 spiro atoms. The van der Waals surface area contributed by atoms with Crippen LogP contribution >= 0.6 is 0 Å². The molecular weight excluding hydrogens is 236 g/mol. The topological polar surface area (TPSA) is 30.5 Å². The Morgan fingerprint density at radius 3 is 2.68 bits per heavy atom. The van der Waals surface area contributed by atoms with Crippen LogP contribution in [0.4, 0.5) is 0 Å². The minimum atomic E-state index is 0.259. The van der Waals surface area contributed by atoms with Crippen molar-refractivity contribution < 1.29 is 0 Å². The van der Waals surface area contributed by atoms with Crippen LogP contribution < -0.4 is 10.6 Å². The van der Waals surface area contributed by atoms with Crippen molar-refractivity contribution in [1.82, 2.24) is 20.4 Å². The highest BCUT2D eigenvalue weighted by molar-refractivity contribution is 5.11. The van der Waals surface area contributed by atoms with Gasteiger partial charge in [-0.3, -0.25) is 10.2 Å². The summed E-state index contributed by atoms with van der Waals surface area (Å²) in [6.45, 7) is 3.68. The SMILES string of the molecule is C=C/C=C\CCCC1N(C)C=C(NC)C(NC)N1C. The first-order valence-electron chi connectivity index (χ1n) is 6.93. The Labute approximate surface area is 117 Å². The molecule has 0 radical (unpaired) electrons. The quantitative estimate of drug-likeness (QED) is 0.541. The predicted molar refractivity (Wildman–Crippen MR) is 82.5 cm³/mol. The molecule has 1 rings (SSSR count). The van der Waals surface area contributed by atoms with Crippen LogP contribution in [0.5, 0.6) is 0 Å². The summed E-state index contributed by atoms with van der Waals surface area (Å²) in [4.78, 5) is 4.67. The Morgan fingerprint density at radius 2 is 2.11 bits per heavy atom. The number of hydrogen-bond donors (Lipinski definition) is 2. The molecule has 108 valence electrons. The van der Waals surface area contributed by atoms with Crippen LogP contribution in [0, 0.1) is 0 Å². The van der Waals surface area contributed by atoms with Crippen LogP contribution in [0.2, 0.25) is 0 Å². The van der Waals surface area contributed by atoms with Gasteiger partial charge in [-0.25, -0.2) is 0 Å². The number of allylic oxidation sites excluding steroid dienone is 3. The van der Waals surface area contributed by atoms with Crippen molar-refractivity contribution >= 4 is 0 Å². The van der Waals surface area contributed by atoms with Gasteiger partial charge < -0.3 is 10.2 Å². The van der Waals surface area contributed by atoms with Crippen LogP contribution in [0.25, 0.3) is 0 Å². The molecule has 1 heterocycles. The van der Waals surface area contributed by atoms with E-state index in [1.807, 2.05) is 26.2 Å². The fourth-order valence-corrected chi connectivity index (χ4v) is 2.63. The third-order valence-electron chi connectivity index (χ3n) is 3.65. The number of hydrogen-bond acceptors (Lipinski definition) is 4. The highest BCUT2D eigenvalue weighted by Crippen LogP contribution is 2.21. The first-order chi connectivity index (χ1) is 9.15. The second kappa shape index (κ2) is 8.02. The zero-order chi connectivity index (χ0) is 14.3. The van der Waals surface area contributed by atoms with E-state index >= 15 is 0 Å². The van der Waals surface area contributed by atoms with Crippen LogP contribution in [-0.2, 0) is 0 Å². The zero-order valence-electron chi connectivity index (χ0n) is 12.7. The molecular formula is C15H28N4. The zero-order valence-corrected chi connectivity index (χ0v) is 12.7. The molecule has 0 saturated carbocycles. The first kappa shape index (κ1) is 15.8. The number of rotatable bonds is 7. The normalized spacial score (nSPS) is 24.6. The highest BCUT2D eigenvalue weighted by atomic mass is 15.4. The van der Waals surface area contributed by atoms with E-state index in [9.17, 15) is 0 Å². The summed E-state index contributed by atoms with van der Waals surface area (Å²) in [6, 6.07) is 0. The fourth-order valence-electron chi connectivity index (χ4n) is 2.63. The van der Waals surface area contributed by atoms with Gasteiger partial charge in [-0.1, -0.05) is 24.8 Å². The molecule has 2 N–H and O–H groups in total. The van der Waals surface area contributed by atoms with Gasteiger partial charge in [0.1, 0.15) is 6.17 Å². The molecule has 0 amide bonds. The third kappa shape index (κ3) is 4.11. The van der Waals surface area contributed by atoms with E-state index in [2.05, 4.69) is 53.4 Å². The molecule has 0 aromatic rings. The first-order valence-corrected chi connectivity index (χ1v) is 6.93. The lowest BCUT2D eigenvalue weighted by molar-refractivity contribution is 0.0499. The Morgan fingerprint density at radius 1 is 1.37 bits per heavy atom. The van der Waals surface area contributed by atoms with Gasteiger partial charge in [0.15, 0.2) is 0 Å². The maximum absolute atomic E-state index is 3.68. The lowest BCUT2D eigenvalue weighted by atomic mass is 10.1. The van der Waals surface area contributed by atoms with Crippen molar-refractivity contribution in [2.45, 2.75) is 31.6 Å². The summed E-state index contributed by atoms with van der Waals surface area (Å²) in [5.41, 5.74) is 1.20. The van der Waals surface area contributed by atoms with Gasteiger partial charge >= 0.3 is 0 Å². The monoisotopic (exact) mass is 264 g/mol. The largest absolute Gasteiger partial charge is 0.388 e. The maximum atomic E-state index is 3.68. The lowest BCUT2D eigenvalue weighted by Gasteiger charge is -2.45. The Bertz CT molecular complexity index is 335. The molecule has 2 atom stereocenters.